The molecule has 35 atom stereocenters. The molecule has 7 heterocycles. The Hall–Kier alpha value is -1.04. The van der Waals surface area contributed by atoms with Gasteiger partial charge < -0.3 is 128 Å². The van der Waals surface area contributed by atoms with Gasteiger partial charge in [0, 0.05) is 12.3 Å². The predicted octanol–water partition coefficient (Wildman–Crippen LogP) is -3.81. The number of ether oxygens (including phenoxy) is 12. The summed E-state index contributed by atoms with van der Waals surface area (Å²) in [5.41, 5.74) is 0.241. The maximum atomic E-state index is 12.0. The summed E-state index contributed by atoms with van der Waals surface area (Å²) in [5, 5.41) is 153. The van der Waals surface area contributed by atoms with Gasteiger partial charge in [-0.3, -0.25) is 0 Å². The molecule has 7 aliphatic heterocycles. The zero-order valence-corrected chi connectivity index (χ0v) is 46.4. The number of hydrogen-bond acceptors (Lipinski definition) is 26. The lowest BCUT2D eigenvalue weighted by molar-refractivity contribution is -0.406. The van der Waals surface area contributed by atoms with Crippen molar-refractivity contribution in [3.05, 3.63) is 0 Å². The summed E-state index contributed by atoms with van der Waals surface area (Å²) in [7, 11) is 0. The van der Waals surface area contributed by atoms with Crippen LogP contribution < -0.4 is 0 Å². The van der Waals surface area contributed by atoms with E-state index in [0.717, 1.165) is 58.0 Å². The number of rotatable bonds is 13. The van der Waals surface area contributed by atoms with E-state index in [1.807, 2.05) is 0 Å². The van der Waals surface area contributed by atoms with Crippen LogP contribution in [-0.2, 0) is 56.8 Å². The minimum absolute atomic E-state index is 0.0615. The SMILES string of the molecule is CC1C2C(CC3C4CCC5C[C@@H](O[C@@H]6O[C@H](CO)[C@H](O[C@@H]7O[C@H](CO)C(O)[C@H](O[C@@H]8O[C@H](CO)C(O)[C@H](O)C8O)C7O[C@@H]7OCC(O)[C@H](O[C@@H]8OCC(O)[C@H](O)C8O)C7O)[C@H](O)C6O)CC[C@]5(C)C4CC[C@@]32C)OC12CC[C@@H](C)CO2. The molecule has 4 saturated carbocycles. The highest BCUT2D eigenvalue weighted by molar-refractivity contribution is 5.16. The molecule has 14 N–H and O–H groups in total. The van der Waals surface area contributed by atoms with Gasteiger partial charge in [-0.05, 0) is 104 Å². The van der Waals surface area contributed by atoms with E-state index in [2.05, 4.69) is 27.7 Å². The van der Waals surface area contributed by atoms with Crippen molar-refractivity contribution in [1.29, 1.82) is 0 Å². The first kappa shape index (κ1) is 61.6. The highest BCUT2D eigenvalue weighted by atomic mass is 16.8. The van der Waals surface area contributed by atoms with E-state index in [1.54, 1.807) is 0 Å². The number of aliphatic hydroxyl groups is 14. The van der Waals surface area contributed by atoms with E-state index < -0.39 is 180 Å². The smallest absolute Gasteiger partial charge is 0.187 e. The molecule has 81 heavy (non-hydrogen) atoms. The zero-order valence-electron chi connectivity index (χ0n) is 46.4. The van der Waals surface area contributed by atoms with Gasteiger partial charge in [0.1, 0.15) is 110 Å². The first-order valence-electron chi connectivity index (χ1n) is 29.7. The van der Waals surface area contributed by atoms with E-state index in [9.17, 15) is 71.5 Å². The summed E-state index contributed by atoms with van der Waals surface area (Å²) in [6.45, 7) is 6.63. The summed E-state index contributed by atoms with van der Waals surface area (Å²) in [6.07, 6.45) is -31.2. The van der Waals surface area contributed by atoms with Gasteiger partial charge in [0.2, 0.25) is 0 Å². The predicted molar refractivity (Wildman–Crippen MR) is 269 cm³/mol. The van der Waals surface area contributed by atoms with Gasteiger partial charge in [-0.2, -0.15) is 0 Å². The van der Waals surface area contributed by atoms with Crippen LogP contribution >= 0.6 is 0 Å². The van der Waals surface area contributed by atoms with Crippen LogP contribution in [0.25, 0.3) is 0 Å². The third kappa shape index (κ3) is 10.9. The molecular formula is C55H90O26. The quantitative estimate of drug-likeness (QED) is 0.0786. The third-order valence-corrected chi connectivity index (χ3v) is 21.7. The molecule has 0 aromatic rings. The summed E-state index contributed by atoms with van der Waals surface area (Å²) in [4.78, 5) is 0. The van der Waals surface area contributed by atoms with Crippen LogP contribution in [0.4, 0.5) is 0 Å². The van der Waals surface area contributed by atoms with Crippen LogP contribution in [0.1, 0.15) is 91.9 Å². The standard InChI is InChI=1S/C55H90O26/c1-21-7-12-55(72-18-21)22(2)34-30(81-55)14-27-25-6-5-23-13-24(8-10-53(23,3)26(25)9-11-54(27,34)4)73-50-42(68)39(65)45(33(17-58)76-50)78-52-47(46(37(63)32(16-57)75-52)79-51-41(67)38(64)36(62)31(15-56)74-51)80-49-43(69)44(29(60)20-71-49)77-48-40(66)35(61)28(59)19-70-48/h21-52,56-69H,5-20H2,1-4H3/t21-,22?,23?,24+,25?,26?,27?,28?,29?,30?,31-,32-,33-,34?,35+,36?,37?,38+,39-,40?,41?,42?,43?,44+,45+,46+,47?,48+,49+,50-,51+,52+,53+,54+,55?/m1/s1. The van der Waals surface area contributed by atoms with Crippen LogP contribution in [0.2, 0.25) is 0 Å². The fourth-order valence-electron chi connectivity index (χ4n) is 17.1. The lowest BCUT2D eigenvalue weighted by Gasteiger charge is -2.61. The molecule has 1 spiro atoms. The fourth-order valence-corrected chi connectivity index (χ4v) is 17.1. The average Bonchev–Trinajstić information content (AvgIpc) is 2.82. The lowest BCUT2D eigenvalue weighted by atomic mass is 9.44. The first-order valence-corrected chi connectivity index (χ1v) is 29.7. The van der Waals surface area contributed by atoms with Crippen molar-refractivity contribution < 1.29 is 128 Å². The third-order valence-electron chi connectivity index (χ3n) is 21.7. The Labute approximate surface area is 470 Å². The van der Waals surface area contributed by atoms with E-state index in [0.29, 0.717) is 54.3 Å². The van der Waals surface area contributed by atoms with Crippen LogP contribution in [-0.4, -0.2) is 270 Å². The van der Waals surface area contributed by atoms with Crippen LogP contribution in [0.15, 0.2) is 0 Å². The van der Waals surface area contributed by atoms with Gasteiger partial charge in [0.25, 0.3) is 0 Å². The molecule has 11 fully saturated rings. The Kier molecular flexibility index (Phi) is 18.4. The van der Waals surface area contributed by atoms with Crippen molar-refractivity contribution in [2.75, 3.05) is 39.6 Å². The Balaban J connectivity index is 0.776. The molecule has 11 aliphatic rings. The number of aliphatic hydroxyl groups excluding tert-OH is 14. The maximum absolute atomic E-state index is 12.0. The van der Waals surface area contributed by atoms with Crippen molar-refractivity contribution >= 4 is 0 Å². The molecule has 17 unspecified atom stereocenters. The topological polar surface area (TPSA) is 394 Å². The minimum Gasteiger partial charge on any atom is -0.394 e. The van der Waals surface area contributed by atoms with Crippen LogP contribution in [0, 0.1) is 52.3 Å². The minimum atomic E-state index is -2.04. The Morgan fingerprint density at radius 1 is 0.457 bits per heavy atom. The summed E-state index contributed by atoms with van der Waals surface area (Å²) >= 11 is 0. The second-order valence-electron chi connectivity index (χ2n) is 26.2. The van der Waals surface area contributed by atoms with E-state index in [1.165, 1.54) is 0 Å². The molecule has 0 bridgehead atoms. The highest BCUT2D eigenvalue weighted by Crippen LogP contribution is 2.71. The molecule has 7 saturated heterocycles. The summed E-state index contributed by atoms with van der Waals surface area (Å²) < 4.78 is 73.3. The van der Waals surface area contributed by atoms with Crippen molar-refractivity contribution in [2.24, 2.45) is 52.3 Å². The molecule has 26 heteroatoms. The molecular weight excluding hydrogens is 1080 g/mol. The lowest BCUT2D eigenvalue weighted by Crippen LogP contribution is -2.68. The van der Waals surface area contributed by atoms with Gasteiger partial charge in [0.15, 0.2) is 37.2 Å². The van der Waals surface area contributed by atoms with Gasteiger partial charge >= 0.3 is 0 Å². The Morgan fingerprint density at radius 2 is 1.05 bits per heavy atom. The normalized spacial score (nSPS) is 57.6. The zero-order chi connectivity index (χ0) is 57.8. The fraction of sp³-hybridized carbons (Fsp3) is 1.00. The van der Waals surface area contributed by atoms with Crippen LogP contribution in [0.3, 0.4) is 0 Å². The molecule has 0 radical (unpaired) electrons. The second-order valence-corrected chi connectivity index (χ2v) is 26.2. The number of fused-ring (bicyclic) bond motifs is 7. The molecule has 0 aromatic carbocycles. The van der Waals surface area contributed by atoms with Gasteiger partial charge in [-0.15, -0.1) is 0 Å². The largest absolute Gasteiger partial charge is 0.394 e. The van der Waals surface area contributed by atoms with Crippen molar-refractivity contribution in [3.8, 4) is 0 Å². The monoisotopic (exact) mass is 1170 g/mol. The molecule has 466 valence electrons. The molecule has 26 nitrogen and oxygen atoms in total. The Bertz CT molecular complexity index is 2090. The molecule has 4 aliphatic carbocycles. The summed E-state index contributed by atoms with van der Waals surface area (Å²) in [5.74, 6) is 2.89. The maximum Gasteiger partial charge on any atom is 0.187 e. The average molecular weight is 1170 g/mol. The molecule has 0 amide bonds. The van der Waals surface area contributed by atoms with E-state index in [-0.39, 0.29) is 23.0 Å². The van der Waals surface area contributed by atoms with Gasteiger partial charge in [-0.1, -0.05) is 27.7 Å². The van der Waals surface area contributed by atoms with Crippen molar-refractivity contribution in [1.82, 2.24) is 0 Å². The molecule has 11 rings (SSSR count). The van der Waals surface area contributed by atoms with E-state index >= 15 is 0 Å². The van der Waals surface area contributed by atoms with Gasteiger partial charge in [-0.25, -0.2) is 0 Å². The Morgan fingerprint density at radius 3 is 1.75 bits per heavy atom. The molecule has 0 aromatic heterocycles. The van der Waals surface area contributed by atoms with E-state index in [4.69, 9.17) is 56.8 Å². The van der Waals surface area contributed by atoms with Crippen LogP contribution in [0.5, 0.6) is 0 Å². The van der Waals surface area contributed by atoms with Crippen molar-refractivity contribution in [2.45, 2.75) is 251 Å². The highest BCUT2D eigenvalue weighted by Gasteiger charge is 2.69. The second kappa shape index (κ2) is 24.2. The first-order chi connectivity index (χ1) is 38.6. The summed E-state index contributed by atoms with van der Waals surface area (Å²) in [6, 6.07) is 0. The van der Waals surface area contributed by atoms with Gasteiger partial charge in [0.05, 0.1) is 51.8 Å². The number of hydrogen-bond donors (Lipinski definition) is 14. The van der Waals surface area contributed by atoms with Crippen molar-refractivity contribution in [3.63, 3.8) is 0 Å².